The smallest absolute Gasteiger partial charge is 0.211 e. The van der Waals surface area contributed by atoms with Gasteiger partial charge in [-0.2, -0.15) is 0 Å². The zero-order valence-corrected chi connectivity index (χ0v) is 18.1. The van der Waals surface area contributed by atoms with Crippen molar-refractivity contribution >= 4 is 28.7 Å². The van der Waals surface area contributed by atoms with Crippen molar-refractivity contribution in [2.24, 2.45) is 0 Å². The number of carbonyl (C=O) groups excluding carboxylic acids is 1. The molecule has 3 aromatic rings. The van der Waals surface area contributed by atoms with Gasteiger partial charge in [-0.1, -0.05) is 17.7 Å². The van der Waals surface area contributed by atoms with Gasteiger partial charge in [0.2, 0.25) is 6.23 Å². The fourth-order valence-electron chi connectivity index (χ4n) is 3.36. The summed E-state index contributed by atoms with van der Waals surface area (Å²) >= 11 is 7.98. The minimum atomic E-state index is -0.506. The monoisotopic (exact) mass is 445 g/mol. The van der Waals surface area contributed by atoms with Crippen molar-refractivity contribution in [2.45, 2.75) is 19.6 Å². The quantitative estimate of drug-likeness (QED) is 0.386. The van der Waals surface area contributed by atoms with E-state index in [0.29, 0.717) is 41.0 Å². The minimum absolute atomic E-state index is 0.122. The maximum atomic E-state index is 12.5. The Labute approximate surface area is 182 Å². The molecule has 30 heavy (non-hydrogen) atoms. The third-order valence-corrected chi connectivity index (χ3v) is 6.00. The van der Waals surface area contributed by atoms with Crippen LogP contribution in [-0.2, 0) is 4.74 Å². The summed E-state index contributed by atoms with van der Waals surface area (Å²) in [5, 5.41) is 2.37. The van der Waals surface area contributed by atoms with Crippen LogP contribution in [-0.4, -0.2) is 30.7 Å². The maximum absolute atomic E-state index is 12.5. The number of thiophene rings is 1. The number of benzene rings is 1. The predicted molar refractivity (Wildman–Crippen MR) is 116 cm³/mol. The molecule has 0 bridgehead atoms. The van der Waals surface area contributed by atoms with E-state index in [1.165, 1.54) is 24.3 Å². The second kappa shape index (κ2) is 8.63. The standard InChI is InChI=1S/C22H20ClNO5S/c1-13(25)15-12-24-17(10-18(15)26)14-9-16(23)20(28-7-4-6-27-2)11-19(14)29-22(24)21-5-3-8-30-21/h3,5,8-12,22H,4,6-7H2,1-2H3. The van der Waals surface area contributed by atoms with E-state index in [-0.39, 0.29) is 16.8 Å². The molecule has 1 atom stereocenters. The van der Waals surface area contributed by atoms with E-state index in [1.54, 1.807) is 25.4 Å². The highest BCUT2D eigenvalue weighted by Gasteiger charge is 2.29. The third-order valence-electron chi connectivity index (χ3n) is 4.80. The zero-order valence-electron chi connectivity index (χ0n) is 16.5. The molecule has 3 heterocycles. The van der Waals surface area contributed by atoms with Crippen LogP contribution in [0.3, 0.4) is 0 Å². The Hall–Kier alpha value is -2.61. The number of fused-ring (bicyclic) bond motifs is 3. The molecule has 6 nitrogen and oxygen atoms in total. The fourth-order valence-corrected chi connectivity index (χ4v) is 4.32. The summed E-state index contributed by atoms with van der Waals surface area (Å²) in [4.78, 5) is 25.4. The lowest BCUT2D eigenvalue weighted by Crippen LogP contribution is -2.26. The molecule has 0 amide bonds. The normalized spacial score (nSPS) is 14.6. The topological polar surface area (TPSA) is 66.8 Å². The van der Waals surface area contributed by atoms with Crippen molar-refractivity contribution in [3.8, 4) is 22.8 Å². The maximum Gasteiger partial charge on any atom is 0.211 e. The first-order valence-corrected chi connectivity index (χ1v) is 10.7. The van der Waals surface area contributed by atoms with Crippen LogP contribution >= 0.6 is 22.9 Å². The van der Waals surface area contributed by atoms with Gasteiger partial charge in [0.15, 0.2) is 11.2 Å². The number of methoxy groups -OCH3 is 1. The van der Waals surface area contributed by atoms with Gasteiger partial charge >= 0.3 is 0 Å². The van der Waals surface area contributed by atoms with E-state index in [2.05, 4.69) is 0 Å². The largest absolute Gasteiger partial charge is 0.492 e. The van der Waals surface area contributed by atoms with Crippen LogP contribution < -0.4 is 14.9 Å². The molecule has 4 rings (SSSR count). The van der Waals surface area contributed by atoms with Gasteiger partial charge in [0.05, 0.1) is 27.8 Å². The van der Waals surface area contributed by atoms with Gasteiger partial charge in [0.25, 0.3) is 0 Å². The summed E-state index contributed by atoms with van der Waals surface area (Å²) in [7, 11) is 1.64. The first-order chi connectivity index (χ1) is 14.5. The summed E-state index contributed by atoms with van der Waals surface area (Å²) in [5.41, 5.74) is 1.10. The van der Waals surface area contributed by atoms with Crippen molar-refractivity contribution in [3.63, 3.8) is 0 Å². The average molecular weight is 446 g/mol. The number of hydrogen-bond acceptors (Lipinski definition) is 6. The molecular weight excluding hydrogens is 426 g/mol. The Kier molecular flexibility index (Phi) is 5.94. The molecule has 0 aliphatic carbocycles. The lowest BCUT2D eigenvalue weighted by atomic mass is 10.0. The van der Waals surface area contributed by atoms with Crippen LogP contribution in [0.5, 0.6) is 11.5 Å². The van der Waals surface area contributed by atoms with Gasteiger partial charge in [-0.15, -0.1) is 11.3 Å². The van der Waals surface area contributed by atoms with Gasteiger partial charge in [-0.25, -0.2) is 0 Å². The van der Waals surface area contributed by atoms with Crippen LogP contribution in [0.4, 0.5) is 0 Å². The molecule has 2 aromatic heterocycles. The number of nitrogens with zero attached hydrogens (tertiary/aromatic N) is 1. The molecule has 1 aliphatic rings. The van der Waals surface area contributed by atoms with Crippen LogP contribution in [0.2, 0.25) is 5.02 Å². The Balaban J connectivity index is 1.81. The molecule has 1 aromatic carbocycles. The summed E-state index contributed by atoms with van der Waals surface area (Å²) < 4.78 is 18.9. The lowest BCUT2D eigenvalue weighted by Gasteiger charge is -2.31. The van der Waals surface area contributed by atoms with Crippen molar-refractivity contribution in [1.29, 1.82) is 0 Å². The Morgan fingerprint density at radius 1 is 1.30 bits per heavy atom. The SMILES string of the molecule is COCCCOc1cc2c(cc1Cl)-c1cc(=O)c(C(C)=O)cn1C(c1cccs1)O2. The number of hydrogen-bond donors (Lipinski definition) is 0. The second-order valence-electron chi connectivity index (χ2n) is 6.86. The Morgan fingerprint density at radius 3 is 2.83 bits per heavy atom. The first kappa shape index (κ1) is 20.7. The molecule has 0 spiro atoms. The fraction of sp³-hybridized carbons (Fsp3) is 0.273. The van der Waals surface area contributed by atoms with Gasteiger partial charge in [0, 0.05) is 44.0 Å². The average Bonchev–Trinajstić information content (AvgIpc) is 3.25. The number of carbonyl (C=O) groups is 1. The van der Waals surface area contributed by atoms with Crippen LogP contribution in [0.1, 0.15) is 34.8 Å². The molecule has 0 N–H and O–H groups in total. The summed E-state index contributed by atoms with van der Waals surface area (Å²) in [6.45, 7) is 2.43. The first-order valence-electron chi connectivity index (χ1n) is 9.42. The zero-order chi connectivity index (χ0) is 21.3. The molecule has 1 unspecified atom stereocenters. The van der Waals surface area contributed by atoms with E-state index in [0.717, 1.165) is 11.3 Å². The highest BCUT2D eigenvalue weighted by molar-refractivity contribution is 7.10. The summed E-state index contributed by atoms with van der Waals surface area (Å²) in [6, 6.07) is 8.82. The molecule has 0 saturated heterocycles. The molecular formula is C22H20ClNO5S. The van der Waals surface area contributed by atoms with Crippen molar-refractivity contribution in [2.75, 3.05) is 20.3 Å². The highest BCUT2D eigenvalue weighted by atomic mass is 35.5. The number of ether oxygens (including phenoxy) is 3. The van der Waals surface area contributed by atoms with E-state index in [4.69, 9.17) is 25.8 Å². The Bertz CT molecular complexity index is 1140. The predicted octanol–water partition coefficient (Wildman–Crippen LogP) is 4.79. The van der Waals surface area contributed by atoms with E-state index < -0.39 is 6.23 Å². The molecule has 156 valence electrons. The van der Waals surface area contributed by atoms with E-state index in [9.17, 15) is 9.59 Å². The number of ketones is 1. The van der Waals surface area contributed by atoms with Crippen molar-refractivity contribution in [3.05, 3.63) is 67.6 Å². The van der Waals surface area contributed by atoms with Crippen molar-refractivity contribution in [1.82, 2.24) is 4.57 Å². The van der Waals surface area contributed by atoms with Gasteiger partial charge in [-0.3, -0.25) is 9.59 Å². The third kappa shape index (κ3) is 3.88. The Morgan fingerprint density at radius 2 is 2.13 bits per heavy atom. The van der Waals surface area contributed by atoms with E-state index >= 15 is 0 Å². The summed E-state index contributed by atoms with van der Waals surface area (Å²) in [6.07, 6.45) is 1.79. The number of Topliss-reactive ketones (excluding diaryl/α,β-unsaturated/α-hetero) is 1. The van der Waals surface area contributed by atoms with Gasteiger partial charge in [-0.05, 0) is 24.4 Å². The number of aromatic nitrogens is 1. The highest BCUT2D eigenvalue weighted by Crippen LogP contribution is 2.45. The van der Waals surface area contributed by atoms with Crippen molar-refractivity contribution < 1.29 is 19.0 Å². The minimum Gasteiger partial charge on any atom is -0.492 e. The van der Waals surface area contributed by atoms with Crippen LogP contribution in [0.25, 0.3) is 11.3 Å². The molecule has 0 saturated carbocycles. The number of pyridine rings is 1. The van der Waals surface area contributed by atoms with Gasteiger partial charge < -0.3 is 18.8 Å². The second-order valence-corrected chi connectivity index (χ2v) is 8.25. The van der Waals surface area contributed by atoms with Gasteiger partial charge in [0.1, 0.15) is 11.5 Å². The summed E-state index contributed by atoms with van der Waals surface area (Å²) in [5.74, 6) is 0.783. The molecule has 1 aliphatic heterocycles. The molecule has 8 heteroatoms. The number of halogens is 1. The lowest BCUT2D eigenvalue weighted by molar-refractivity contribution is 0.101. The molecule has 0 fully saturated rings. The number of rotatable bonds is 7. The van der Waals surface area contributed by atoms with Crippen LogP contribution in [0.15, 0.2) is 46.7 Å². The van der Waals surface area contributed by atoms with E-state index in [1.807, 2.05) is 22.1 Å². The van der Waals surface area contributed by atoms with Crippen LogP contribution in [0, 0.1) is 0 Å². The molecule has 0 radical (unpaired) electrons.